The maximum absolute atomic E-state index is 13.3. The molecule has 0 atom stereocenters. The van der Waals surface area contributed by atoms with Crippen molar-refractivity contribution < 1.29 is 8.78 Å². The van der Waals surface area contributed by atoms with E-state index in [1.807, 2.05) is 0 Å². The van der Waals surface area contributed by atoms with Crippen molar-refractivity contribution in [3.8, 4) is 0 Å². The molecule has 0 saturated heterocycles. The third-order valence-corrected chi connectivity index (χ3v) is 2.37. The SMILES string of the molecule is CC(C)(N)Cc1ccc(Br)c(F)c1F. The van der Waals surface area contributed by atoms with Crippen LogP contribution in [-0.2, 0) is 6.42 Å². The molecule has 0 radical (unpaired) electrons. The molecule has 0 heterocycles. The number of nitrogens with two attached hydrogens (primary N) is 1. The van der Waals surface area contributed by atoms with Crippen LogP contribution in [0.1, 0.15) is 19.4 Å². The zero-order valence-corrected chi connectivity index (χ0v) is 9.66. The maximum atomic E-state index is 13.3. The molecular weight excluding hydrogens is 252 g/mol. The van der Waals surface area contributed by atoms with E-state index in [0.29, 0.717) is 12.0 Å². The summed E-state index contributed by atoms with van der Waals surface area (Å²) in [7, 11) is 0. The van der Waals surface area contributed by atoms with Gasteiger partial charge in [-0.15, -0.1) is 0 Å². The van der Waals surface area contributed by atoms with E-state index in [9.17, 15) is 8.78 Å². The minimum absolute atomic E-state index is 0.133. The van der Waals surface area contributed by atoms with E-state index in [0.717, 1.165) is 0 Å². The van der Waals surface area contributed by atoms with Crippen molar-refractivity contribution in [2.45, 2.75) is 25.8 Å². The van der Waals surface area contributed by atoms with Gasteiger partial charge < -0.3 is 5.73 Å². The number of hydrogen-bond donors (Lipinski definition) is 1. The largest absolute Gasteiger partial charge is 0.325 e. The van der Waals surface area contributed by atoms with Gasteiger partial charge in [-0.1, -0.05) is 6.07 Å². The van der Waals surface area contributed by atoms with Crippen LogP contribution in [0.15, 0.2) is 16.6 Å². The molecule has 0 bridgehead atoms. The monoisotopic (exact) mass is 263 g/mol. The number of halogens is 3. The van der Waals surface area contributed by atoms with Gasteiger partial charge in [0.1, 0.15) is 0 Å². The number of benzene rings is 1. The Balaban J connectivity index is 3.06. The average Bonchev–Trinajstić information content (AvgIpc) is 2.04. The lowest BCUT2D eigenvalue weighted by atomic mass is 9.96. The smallest absolute Gasteiger partial charge is 0.173 e. The standard InChI is InChI=1S/C10H12BrF2N/c1-10(2,14)5-6-3-4-7(11)9(13)8(6)12/h3-4H,5,14H2,1-2H3. The highest BCUT2D eigenvalue weighted by molar-refractivity contribution is 9.10. The topological polar surface area (TPSA) is 26.0 Å². The molecule has 0 aliphatic carbocycles. The second-order valence-electron chi connectivity index (χ2n) is 4.00. The van der Waals surface area contributed by atoms with Gasteiger partial charge in [-0.25, -0.2) is 8.78 Å². The molecule has 0 aromatic heterocycles. The lowest BCUT2D eigenvalue weighted by Crippen LogP contribution is -2.34. The molecule has 0 aliphatic heterocycles. The fraction of sp³-hybridized carbons (Fsp3) is 0.400. The van der Waals surface area contributed by atoms with Gasteiger partial charge in [-0.05, 0) is 47.8 Å². The minimum atomic E-state index is -0.855. The van der Waals surface area contributed by atoms with Crippen molar-refractivity contribution in [2.24, 2.45) is 5.73 Å². The molecule has 0 unspecified atom stereocenters. The third-order valence-electron chi connectivity index (χ3n) is 1.76. The molecule has 78 valence electrons. The second kappa shape index (κ2) is 3.95. The molecule has 1 rings (SSSR count). The first-order valence-corrected chi connectivity index (χ1v) is 5.02. The molecule has 0 amide bonds. The zero-order valence-electron chi connectivity index (χ0n) is 8.07. The predicted octanol–water partition coefficient (Wildman–Crippen LogP) is 3.01. The first kappa shape index (κ1) is 11.6. The average molecular weight is 264 g/mol. The van der Waals surface area contributed by atoms with Crippen LogP contribution in [0.25, 0.3) is 0 Å². The summed E-state index contributed by atoms with van der Waals surface area (Å²) in [6, 6.07) is 3.02. The third kappa shape index (κ3) is 2.75. The van der Waals surface area contributed by atoms with Gasteiger partial charge in [0.05, 0.1) is 4.47 Å². The summed E-state index contributed by atoms with van der Waals surface area (Å²) >= 11 is 2.91. The summed E-state index contributed by atoms with van der Waals surface area (Å²) < 4.78 is 26.6. The van der Waals surface area contributed by atoms with Crippen molar-refractivity contribution in [3.05, 3.63) is 33.8 Å². The molecule has 0 spiro atoms. The van der Waals surface area contributed by atoms with Crippen LogP contribution < -0.4 is 5.73 Å². The Morgan fingerprint density at radius 1 is 1.29 bits per heavy atom. The molecule has 1 aromatic carbocycles. The Kier molecular flexibility index (Phi) is 3.27. The molecule has 14 heavy (non-hydrogen) atoms. The van der Waals surface area contributed by atoms with Gasteiger partial charge in [-0.2, -0.15) is 0 Å². The van der Waals surface area contributed by atoms with Gasteiger partial charge in [0.2, 0.25) is 0 Å². The molecule has 4 heteroatoms. The van der Waals surface area contributed by atoms with E-state index in [-0.39, 0.29) is 4.47 Å². The Hall–Kier alpha value is -0.480. The first-order chi connectivity index (χ1) is 6.31. The van der Waals surface area contributed by atoms with Crippen molar-refractivity contribution in [1.82, 2.24) is 0 Å². The van der Waals surface area contributed by atoms with Crippen molar-refractivity contribution in [1.29, 1.82) is 0 Å². The summed E-state index contributed by atoms with van der Waals surface area (Å²) in [6.45, 7) is 3.54. The molecule has 0 aliphatic rings. The zero-order chi connectivity index (χ0) is 10.9. The van der Waals surface area contributed by atoms with Gasteiger partial charge in [-0.3, -0.25) is 0 Å². The molecular formula is C10H12BrF2N. The van der Waals surface area contributed by atoms with Crippen LogP contribution in [0.2, 0.25) is 0 Å². The molecule has 0 saturated carbocycles. The summed E-state index contributed by atoms with van der Waals surface area (Å²) in [5, 5.41) is 0. The van der Waals surface area contributed by atoms with Gasteiger partial charge in [0, 0.05) is 5.54 Å². The van der Waals surface area contributed by atoms with Crippen LogP contribution in [0.3, 0.4) is 0 Å². The van der Waals surface area contributed by atoms with E-state index in [4.69, 9.17) is 5.73 Å². The Labute approximate surface area is 90.4 Å². The lowest BCUT2D eigenvalue weighted by Gasteiger charge is -2.18. The van der Waals surface area contributed by atoms with Crippen LogP contribution in [0.4, 0.5) is 8.78 Å². The highest BCUT2D eigenvalue weighted by Crippen LogP contribution is 2.23. The quantitative estimate of drug-likeness (QED) is 0.816. The van der Waals surface area contributed by atoms with Crippen LogP contribution in [-0.4, -0.2) is 5.54 Å². The first-order valence-electron chi connectivity index (χ1n) is 4.22. The summed E-state index contributed by atoms with van der Waals surface area (Å²) in [6.07, 6.45) is 0.309. The van der Waals surface area contributed by atoms with E-state index in [2.05, 4.69) is 15.9 Å². The van der Waals surface area contributed by atoms with E-state index in [1.165, 1.54) is 12.1 Å². The second-order valence-corrected chi connectivity index (χ2v) is 4.85. The summed E-state index contributed by atoms with van der Waals surface area (Å²) in [5.74, 6) is -1.68. The summed E-state index contributed by atoms with van der Waals surface area (Å²) in [4.78, 5) is 0. The fourth-order valence-corrected chi connectivity index (χ4v) is 1.50. The van der Waals surface area contributed by atoms with E-state index < -0.39 is 17.2 Å². The Morgan fingerprint density at radius 2 is 1.86 bits per heavy atom. The number of hydrogen-bond acceptors (Lipinski definition) is 1. The van der Waals surface area contributed by atoms with Gasteiger partial charge in [0.25, 0.3) is 0 Å². The van der Waals surface area contributed by atoms with Crippen molar-refractivity contribution in [2.75, 3.05) is 0 Å². The normalized spacial score (nSPS) is 11.9. The lowest BCUT2D eigenvalue weighted by molar-refractivity contribution is 0.464. The molecule has 1 aromatic rings. The Morgan fingerprint density at radius 3 is 2.36 bits per heavy atom. The Bertz CT molecular complexity index is 345. The van der Waals surface area contributed by atoms with Crippen LogP contribution in [0.5, 0.6) is 0 Å². The predicted molar refractivity (Wildman–Crippen MR) is 56.0 cm³/mol. The van der Waals surface area contributed by atoms with Gasteiger partial charge in [0.15, 0.2) is 11.6 Å². The van der Waals surface area contributed by atoms with Crippen molar-refractivity contribution in [3.63, 3.8) is 0 Å². The molecule has 1 nitrogen and oxygen atoms in total. The van der Waals surface area contributed by atoms with Crippen LogP contribution in [0, 0.1) is 11.6 Å². The minimum Gasteiger partial charge on any atom is -0.325 e. The number of rotatable bonds is 2. The molecule has 2 N–H and O–H groups in total. The summed E-state index contributed by atoms with van der Waals surface area (Å²) in [5.41, 5.74) is 5.49. The van der Waals surface area contributed by atoms with Crippen molar-refractivity contribution >= 4 is 15.9 Å². The van der Waals surface area contributed by atoms with Gasteiger partial charge >= 0.3 is 0 Å². The van der Waals surface area contributed by atoms with Crippen LogP contribution >= 0.6 is 15.9 Å². The maximum Gasteiger partial charge on any atom is 0.173 e. The van der Waals surface area contributed by atoms with E-state index >= 15 is 0 Å². The fourth-order valence-electron chi connectivity index (χ4n) is 1.19. The van der Waals surface area contributed by atoms with E-state index in [1.54, 1.807) is 13.8 Å². The molecule has 0 fully saturated rings. The highest BCUT2D eigenvalue weighted by atomic mass is 79.9. The highest BCUT2D eigenvalue weighted by Gasteiger charge is 2.18.